The molecule has 4 nitrogen and oxygen atoms in total. The molecule has 0 saturated heterocycles. The number of hydrogen-bond donors (Lipinski definition) is 0. The Morgan fingerprint density at radius 3 is 2.36 bits per heavy atom. The molecule has 7 heteroatoms. The van der Waals surface area contributed by atoms with Crippen LogP contribution in [0.15, 0.2) is 47.2 Å². The van der Waals surface area contributed by atoms with Crippen LogP contribution in [0.4, 0.5) is 5.69 Å². The fourth-order valence-corrected chi connectivity index (χ4v) is 4.79. The number of hydrogen-bond acceptors (Lipinski definition) is 2. The Labute approximate surface area is 182 Å². The van der Waals surface area contributed by atoms with Crippen molar-refractivity contribution in [2.45, 2.75) is 32.9 Å². The summed E-state index contributed by atoms with van der Waals surface area (Å²) in [6.45, 7) is 6.12. The van der Waals surface area contributed by atoms with Gasteiger partial charge in [-0.25, -0.2) is 4.98 Å². The van der Waals surface area contributed by atoms with E-state index >= 15 is 0 Å². The molecule has 0 N–H and O–H groups in total. The summed E-state index contributed by atoms with van der Waals surface area (Å²) >= 11 is 15.9. The van der Waals surface area contributed by atoms with Crippen LogP contribution in [-0.4, -0.2) is 15.5 Å². The molecule has 1 atom stereocenters. The van der Waals surface area contributed by atoms with E-state index in [0.717, 1.165) is 22.5 Å². The second-order valence-corrected chi connectivity index (χ2v) is 8.72. The lowest BCUT2D eigenvalue weighted by atomic mass is 10.0. The molecule has 28 heavy (non-hydrogen) atoms. The van der Waals surface area contributed by atoms with Gasteiger partial charge in [0.1, 0.15) is 6.04 Å². The highest BCUT2D eigenvalue weighted by atomic mass is 79.9. The minimum absolute atomic E-state index is 0.133. The van der Waals surface area contributed by atoms with E-state index in [1.807, 2.05) is 49.4 Å². The van der Waals surface area contributed by atoms with Crippen molar-refractivity contribution in [1.82, 2.24) is 9.55 Å². The minimum atomic E-state index is -0.321. The first-order valence-electron chi connectivity index (χ1n) is 8.92. The number of imidazole rings is 1. The van der Waals surface area contributed by atoms with Crippen LogP contribution in [0.2, 0.25) is 10.0 Å². The van der Waals surface area contributed by atoms with Gasteiger partial charge in [-0.1, -0.05) is 41.4 Å². The first kappa shape index (κ1) is 19.5. The maximum Gasteiger partial charge on any atom is 0.279 e. The van der Waals surface area contributed by atoms with Gasteiger partial charge in [0.15, 0.2) is 10.4 Å². The lowest BCUT2D eigenvalue weighted by Crippen LogP contribution is -2.30. The Kier molecular flexibility index (Phi) is 5.02. The van der Waals surface area contributed by atoms with Gasteiger partial charge in [0.25, 0.3) is 5.91 Å². The van der Waals surface area contributed by atoms with Gasteiger partial charge in [-0.15, -0.1) is 0 Å². The van der Waals surface area contributed by atoms with Crippen LogP contribution in [-0.2, 0) is 0 Å². The van der Waals surface area contributed by atoms with Gasteiger partial charge in [-0.2, -0.15) is 0 Å². The van der Waals surface area contributed by atoms with Gasteiger partial charge in [0, 0.05) is 21.8 Å². The van der Waals surface area contributed by atoms with Crippen molar-refractivity contribution in [2.75, 3.05) is 4.90 Å². The number of fused-ring (bicyclic) bond motifs is 1. The molecule has 1 unspecified atom stereocenters. The summed E-state index contributed by atoms with van der Waals surface area (Å²) in [5.74, 6) is -0.139. The Balaban J connectivity index is 1.99. The summed E-state index contributed by atoms with van der Waals surface area (Å²) in [7, 11) is 0. The van der Waals surface area contributed by atoms with Crippen molar-refractivity contribution >= 4 is 50.7 Å². The monoisotopic (exact) mass is 477 g/mol. The smallest absolute Gasteiger partial charge is 0.279 e. The van der Waals surface area contributed by atoms with Gasteiger partial charge >= 0.3 is 0 Å². The molecule has 0 aliphatic carbocycles. The normalized spacial score (nSPS) is 16.2. The highest BCUT2D eigenvalue weighted by Gasteiger charge is 2.44. The van der Waals surface area contributed by atoms with E-state index in [1.54, 1.807) is 4.90 Å². The summed E-state index contributed by atoms with van der Waals surface area (Å²) in [6, 6.07) is 13.0. The van der Waals surface area contributed by atoms with Gasteiger partial charge in [-0.3, -0.25) is 9.69 Å². The predicted molar refractivity (Wildman–Crippen MR) is 117 cm³/mol. The van der Waals surface area contributed by atoms with E-state index in [9.17, 15) is 4.79 Å². The van der Waals surface area contributed by atoms with Crippen LogP contribution >= 0.6 is 39.1 Å². The lowest BCUT2D eigenvalue weighted by molar-refractivity contribution is 0.0989. The van der Waals surface area contributed by atoms with E-state index in [4.69, 9.17) is 23.2 Å². The molecule has 0 radical (unpaired) electrons. The van der Waals surface area contributed by atoms with Crippen LogP contribution in [0.5, 0.6) is 0 Å². The van der Waals surface area contributed by atoms with Crippen LogP contribution in [0.3, 0.4) is 0 Å². The first-order valence-corrected chi connectivity index (χ1v) is 10.5. The van der Waals surface area contributed by atoms with Crippen LogP contribution in [0.25, 0.3) is 0 Å². The van der Waals surface area contributed by atoms with E-state index in [-0.39, 0.29) is 18.0 Å². The number of benzene rings is 2. The van der Waals surface area contributed by atoms with Gasteiger partial charge in [0.05, 0.1) is 5.69 Å². The zero-order chi connectivity index (χ0) is 20.2. The molecule has 0 fully saturated rings. The summed E-state index contributed by atoms with van der Waals surface area (Å²) in [5.41, 5.74) is 4.04. The quantitative estimate of drug-likeness (QED) is 0.425. The highest BCUT2D eigenvalue weighted by Crippen LogP contribution is 2.45. The predicted octanol–water partition coefficient (Wildman–Crippen LogP) is 6.59. The number of nitrogens with zero attached hydrogens (tertiary/aromatic N) is 3. The van der Waals surface area contributed by atoms with Crippen molar-refractivity contribution in [1.29, 1.82) is 0 Å². The van der Waals surface area contributed by atoms with Gasteiger partial charge < -0.3 is 4.57 Å². The van der Waals surface area contributed by atoms with Gasteiger partial charge in [-0.05, 0) is 72.1 Å². The maximum absolute atomic E-state index is 13.5. The van der Waals surface area contributed by atoms with E-state index < -0.39 is 0 Å². The third-order valence-electron chi connectivity index (χ3n) is 4.98. The van der Waals surface area contributed by atoms with Crippen molar-refractivity contribution in [3.05, 3.63) is 79.8 Å². The third kappa shape index (κ3) is 3.06. The molecule has 0 bridgehead atoms. The first-order chi connectivity index (χ1) is 13.3. The number of anilines is 1. The number of aromatic nitrogens is 2. The fourth-order valence-electron chi connectivity index (χ4n) is 3.72. The summed E-state index contributed by atoms with van der Waals surface area (Å²) in [5, 5.41) is 1.23. The minimum Gasteiger partial charge on any atom is -0.317 e. The SMILES string of the molecule is Cc1ccc(Cl)cc1N1C(=O)c2nc(Br)n(C(C)C)c2C1c1ccc(Cl)cc1. The number of halogens is 3. The molecule has 0 spiro atoms. The number of rotatable bonds is 3. The molecular weight excluding hydrogens is 461 g/mol. The molecule has 1 amide bonds. The average Bonchev–Trinajstić information content (AvgIpc) is 3.11. The zero-order valence-electron chi connectivity index (χ0n) is 15.6. The third-order valence-corrected chi connectivity index (χ3v) is 6.02. The Morgan fingerprint density at radius 2 is 1.71 bits per heavy atom. The molecule has 1 aliphatic heterocycles. The van der Waals surface area contributed by atoms with Crippen molar-refractivity contribution in [3.63, 3.8) is 0 Å². The number of amides is 1. The standard InChI is InChI=1S/C21H18BrCl2N3O/c1-11(2)26-19-17(25-21(26)22)20(28)27(16-10-15(24)7-4-12(16)3)18(19)13-5-8-14(23)9-6-13/h4-11,18H,1-3H3. The second-order valence-electron chi connectivity index (χ2n) is 7.14. The largest absolute Gasteiger partial charge is 0.317 e. The summed E-state index contributed by atoms with van der Waals surface area (Å²) in [4.78, 5) is 19.8. The molecule has 4 rings (SSSR count). The van der Waals surface area contributed by atoms with Crippen molar-refractivity contribution in [2.24, 2.45) is 0 Å². The number of carbonyl (C=O) groups excluding carboxylic acids is 1. The highest BCUT2D eigenvalue weighted by molar-refractivity contribution is 9.10. The Hall–Kier alpha value is -1.82. The van der Waals surface area contributed by atoms with Crippen molar-refractivity contribution in [3.8, 4) is 0 Å². The Bertz CT molecular complexity index is 1080. The topological polar surface area (TPSA) is 38.1 Å². The average molecular weight is 479 g/mol. The second kappa shape index (κ2) is 7.21. The van der Waals surface area contributed by atoms with Gasteiger partial charge in [0.2, 0.25) is 0 Å². The van der Waals surface area contributed by atoms with Crippen LogP contribution in [0, 0.1) is 6.92 Å². The van der Waals surface area contributed by atoms with E-state index in [2.05, 4.69) is 39.3 Å². The van der Waals surface area contributed by atoms with E-state index in [0.29, 0.717) is 20.5 Å². The summed E-state index contributed by atoms with van der Waals surface area (Å²) in [6.07, 6.45) is 0. The molecule has 144 valence electrons. The molecule has 2 aromatic carbocycles. The zero-order valence-corrected chi connectivity index (χ0v) is 18.7. The maximum atomic E-state index is 13.5. The molecule has 1 aliphatic rings. The Morgan fingerprint density at radius 1 is 1.07 bits per heavy atom. The number of carbonyl (C=O) groups is 1. The number of aryl methyl sites for hydroxylation is 1. The molecular formula is C21H18BrCl2N3O. The summed E-state index contributed by atoms with van der Waals surface area (Å²) < 4.78 is 2.72. The van der Waals surface area contributed by atoms with Crippen LogP contribution < -0.4 is 4.90 Å². The lowest BCUT2D eigenvalue weighted by Gasteiger charge is -2.29. The van der Waals surface area contributed by atoms with E-state index in [1.165, 1.54) is 0 Å². The fraction of sp³-hybridized carbons (Fsp3) is 0.238. The molecule has 1 aromatic heterocycles. The molecule has 3 aromatic rings. The van der Waals surface area contributed by atoms with Crippen LogP contribution in [0.1, 0.15) is 53.2 Å². The van der Waals surface area contributed by atoms with Crippen molar-refractivity contribution < 1.29 is 4.79 Å². The molecule has 0 saturated carbocycles. The molecule has 2 heterocycles.